The first-order valence-corrected chi connectivity index (χ1v) is 13.3. The molecule has 0 saturated heterocycles. The summed E-state index contributed by atoms with van der Waals surface area (Å²) in [6, 6.07) is 14.9. The number of carbonyl (C=O) groups excluding carboxylic acids is 2. The number of fused-ring (bicyclic) bond motifs is 1. The number of aliphatic hydroxyl groups is 1. The average molecular weight is 536 g/mol. The van der Waals surface area contributed by atoms with E-state index < -0.39 is 18.1 Å². The van der Waals surface area contributed by atoms with Crippen LogP contribution in [0.15, 0.2) is 53.4 Å². The third kappa shape index (κ3) is 9.20. The van der Waals surface area contributed by atoms with Crippen LogP contribution in [0.2, 0.25) is 0 Å². The van der Waals surface area contributed by atoms with Crippen molar-refractivity contribution in [2.45, 2.75) is 37.3 Å². The summed E-state index contributed by atoms with van der Waals surface area (Å²) >= 11 is 7.03. The van der Waals surface area contributed by atoms with Gasteiger partial charge in [-0.1, -0.05) is 44.2 Å². The lowest BCUT2D eigenvalue weighted by Crippen LogP contribution is -2.51. The largest absolute Gasteiger partial charge is 0.486 e. The highest BCUT2D eigenvalue weighted by molar-refractivity contribution is 7.97. The minimum Gasteiger partial charge on any atom is -0.486 e. The smallest absolute Gasteiger partial charge is 0.239 e. The van der Waals surface area contributed by atoms with E-state index >= 15 is 0 Å². The first-order valence-electron chi connectivity index (χ1n) is 12.0. The van der Waals surface area contributed by atoms with Crippen molar-refractivity contribution in [1.82, 2.24) is 14.9 Å². The van der Waals surface area contributed by atoms with E-state index in [1.165, 1.54) is 11.9 Å². The predicted molar refractivity (Wildman–Crippen MR) is 142 cm³/mol. The molecule has 0 aliphatic carbocycles. The van der Waals surface area contributed by atoms with Crippen LogP contribution in [0.25, 0.3) is 0 Å². The molecular weight excluding hydrogens is 502 g/mol. The maximum Gasteiger partial charge on any atom is 0.239 e. The number of amides is 2. The zero-order chi connectivity index (χ0) is 25.9. The molecule has 0 bridgehead atoms. The fraction of sp³-hybridized carbons (Fsp3) is 0.462. The van der Waals surface area contributed by atoms with E-state index in [0.717, 1.165) is 22.8 Å². The number of hydrogen-bond acceptors (Lipinski definition) is 7. The lowest BCUT2D eigenvalue weighted by atomic mass is 10.0. The Hall–Kier alpha value is -2.46. The lowest BCUT2D eigenvalue weighted by Gasteiger charge is -2.30. The van der Waals surface area contributed by atoms with Gasteiger partial charge in [0.25, 0.3) is 0 Å². The lowest BCUT2D eigenvalue weighted by molar-refractivity contribution is -0.125. The number of halogens is 1. The number of hydrogen-bond donors (Lipinski definition) is 3. The van der Waals surface area contributed by atoms with Gasteiger partial charge in [-0.3, -0.25) is 9.59 Å². The maximum atomic E-state index is 12.5. The number of nitrogens with one attached hydrogen (secondary N) is 2. The number of rotatable bonds is 13. The van der Waals surface area contributed by atoms with E-state index in [9.17, 15) is 14.7 Å². The van der Waals surface area contributed by atoms with Gasteiger partial charge in [0.15, 0.2) is 11.5 Å². The summed E-state index contributed by atoms with van der Waals surface area (Å²) < 4.78 is 13.4. The van der Waals surface area contributed by atoms with E-state index in [1.807, 2.05) is 48.5 Å². The molecule has 10 heteroatoms. The molecule has 0 saturated carbocycles. The van der Waals surface area contributed by atoms with Crippen LogP contribution in [0.3, 0.4) is 0 Å². The van der Waals surface area contributed by atoms with Crippen molar-refractivity contribution >= 4 is 35.4 Å². The summed E-state index contributed by atoms with van der Waals surface area (Å²) in [6.45, 7) is 6.14. The molecule has 2 unspecified atom stereocenters. The Morgan fingerprint density at radius 2 is 1.78 bits per heavy atom. The van der Waals surface area contributed by atoms with Crippen molar-refractivity contribution in [1.29, 1.82) is 0 Å². The highest BCUT2D eigenvalue weighted by Crippen LogP contribution is 2.35. The normalized spacial score (nSPS) is 14.4. The second kappa shape index (κ2) is 14.3. The van der Waals surface area contributed by atoms with Crippen molar-refractivity contribution < 1.29 is 24.2 Å². The van der Waals surface area contributed by atoms with Crippen LogP contribution in [0.5, 0.6) is 11.5 Å². The SMILES string of the molecule is CC(C)CN(CC(O)C(Cc1ccccc1)NC(=O)CNC(=O)CCl)Sc1ccc2c(c1)OCCO2. The van der Waals surface area contributed by atoms with Gasteiger partial charge in [0.1, 0.15) is 19.1 Å². The standard InChI is InChI=1S/C26H34ClN3O5S/c1-18(2)16-30(36-20-8-9-23-24(13-20)35-11-10-34-23)17-22(31)21(12-19-6-4-3-5-7-19)29-26(33)15-28-25(32)14-27/h3-9,13,18,21-22,31H,10-12,14-17H2,1-2H3,(H,28,32)(H,29,33). The molecule has 2 aromatic carbocycles. The van der Waals surface area contributed by atoms with E-state index in [2.05, 4.69) is 28.8 Å². The third-order valence-electron chi connectivity index (χ3n) is 5.38. The van der Waals surface area contributed by atoms with Gasteiger partial charge in [0, 0.05) is 18.0 Å². The molecular formula is C26H34ClN3O5S. The van der Waals surface area contributed by atoms with Gasteiger partial charge < -0.3 is 25.2 Å². The third-order valence-corrected chi connectivity index (χ3v) is 6.65. The number of carbonyl (C=O) groups is 2. The van der Waals surface area contributed by atoms with E-state index in [0.29, 0.717) is 37.8 Å². The molecule has 0 aromatic heterocycles. The van der Waals surface area contributed by atoms with E-state index in [1.54, 1.807) is 0 Å². The molecule has 2 atom stereocenters. The molecule has 36 heavy (non-hydrogen) atoms. The molecule has 0 fully saturated rings. The van der Waals surface area contributed by atoms with Gasteiger partial charge in [0.05, 0.1) is 18.7 Å². The van der Waals surface area contributed by atoms with Gasteiger partial charge in [-0.15, -0.1) is 11.6 Å². The fourth-order valence-electron chi connectivity index (χ4n) is 3.76. The molecule has 8 nitrogen and oxygen atoms in total. The van der Waals surface area contributed by atoms with E-state index in [-0.39, 0.29) is 18.3 Å². The monoisotopic (exact) mass is 535 g/mol. The first-order chi connectivity index (χ1) is 17.3. The van der Waals surface area contributed by atoms with Crippen molar-refractivity contribution in [3.63, 3.8) is 0 Å². The van der Waals surface area contributed by atoms with Crippen molar-refractivity contribution in [3.05, 3.63) is 54.1 Å². The minimum absolute atomic E-state index is 0.203. The maximum absolute atomic E-state index is 12.5. The van der Waals surface area contributed by atoms with Gasteiger partial charge in [0.2, 0.25) is 11.8 Å². The number of aliphatic hydroxyl groups excluding tert-OH is 1. The number of benzene rings is 2. The first kappa shape index (κ1) is 28.1. The van der Waals surface area contributed by atoms with Crippen LogP contribution in [-0.4, -0.2) is 72.1 Å². The van der Waals surface area contributed by atoms with Crippen LogP contribution >= 0.6 is 23.5 Å². The Kier molecular flexibility index (Phi) is 11.2. The topological polar surface area (TPSA) is 100 Å². The second-order valence-electron chi connectivity index (χ2n) is 8.98. The Morgan fingerprint density at radius 1 is 1.06 bits per heavy atom. The molecule has 3 rings (SSSR count). The van der Waals surface area contributed by atoms with Crippen molar-refractivity contribution in [2.75, 3.05) is 38.7 Å². The van der Waals surface area contributed by atoms with Gasteiger partial charge >= 0.3 is 0 Å². The van der Waals surface area contributed by atoms with Gasteiger partial charge in [-0.05, 0) is 48.0 Å². The number of nitrogens with zero attached hydrogens (tertiary/aromatic N) is 1. The molecule has 0 radical (unpaired) electrons. The van der Waals surface area contributed by atoms with Gasteiger partial charge in [-0.2, -0.15) is 0 Å². The number of alkyl halides is 1. The van der Waals surface area contributed by atoms with Crippen molar-refractivity contribution in [2.24, 2.45) is 5.92 Å². The molecule has 2 aromatic rings. The fourth-order valence-corrected chi connectivity index (χ4v) is 5.04. The molecule has 1 aliphatic rings. The Bertz CT molecular complexity index is 995. The van der Waals surface area contributed by atoms with Crippen LogP contribution in [0.4, 0.5) is 0 Å². The summed E-state index contributed by atoms with van der Waals surface area (Å²) in [6.07, 6.45) is -0.414. The summed E-state index contributed by atoms with van der Waals surface area (Å²) in [5, 5.41) is 16.6. The summed E-state index contributed by atoms with van der Waals surface area (Å²) in [5.74, 6) is 0.770. The van der Waals surface area contributed by atoms with Crippen LogP contribution in [0, 0.1) is 5.92 Å². The van der Waals surface area contributed by atoms with Crippen molar-refractivity contribution in [3.8, 4) is 11.5 Å². The Morgan fingerprint density at radius 3 is 2.47 bits per heavy atom. The Labute approximate surface area is 221 Å². The molecule has 0 spiro atoms. The summed E-state index contributed by atoms with van der Waals surface area (Å²) in [7, 11) is 0. The molecule has 1 aliphatic heterocycles. The highest BCUT2D eigenvalue weighted by Gasteiger charge is 2.25. The quantitative estimate of drug-likeness (QED) is 0.268. The zero-order valence-electron chi connectivity index (χ0n) is 20.6. The average Bonchev–Trinajstić information content (AvgIpc) is 2.87. The second-order valence-corrected chi connectivity index (χ2v) is 10.4. The van der Waals surface area contributed by atoms with Gasteiger partial charge in [-0.25, -0.2) is 4.31 Å². The molecule has 196 valence electrons. The van der Waals surface area contributed by atoms with Crippen LogP contribution in [0.1, 0.15) is 19.4 Å². The molecule has 1 heterocycles. The minimum atomic E-state index is -0.860. The predicted octanol–water partition coefficient (Wildman–Crippen LogP) is 2.87. The summed E-state index contributed by atoms with van der Waals surface area (Å²) in [4.78, 5) is 24.9. The Balaban J connectivity index is 1.71. The highest BCUT2D eigenvalue weighted by atomic mass is 35.5. The van der Waals surface area contributed by atoms with Crippen LogP contribution < -0.4 is 20.1 Å². The number of ether oxygens (including phenoxy) is 2. The molecule has 2 amide bonds. The van der Waals surface area contributed by atoms with E-state index in [4.69, 9.17) is 21.1 Å². The zero-order valence-corrected chi connectivity index (χ0v) is 22.2. The van der Waals surface area contributed by atoms with Crippen LogP contribution in [-0.2, 0) is 16.0 Å². The molecule has 3 N–H and O–H groups in total. The summed E-state index contributed by atoms with van der Waals surface area (Å²) in [5.41, 5.74) is 0.988.